The lowest BCUT2D eigenvalue weighted by Crippen LogP contribution is -2.24. The molecule has 0 spiro atoms. The minimum atomic E-state index is 0.536. The van der Waals surface area contributed by atoms with E-state index in [2.05, 4.69) is 24.0 Å². The van der Waals surface area contributed by atoms with Crippen LogP contribution in [-0.4, -0.2) is 25.1 Å². The highest BCUT2D eigenvalue weighted by molar-refractivity contribution is 5.37. The molecule has 0 saturated carbocycles. The van der Waals surface area contributed by atoms with E-state index in [0.29, 0.717) is 6.54 Å². The largest absolute Gasteiger partial charge is 0.496 e. The van der Waals surface area contributed by atoms with Gasteiger partial charge in [0.25, 0.3) is 0 Å². The van der Waals surface area contributed by atoms with Gasteiger partial charge in [0, 0.05) is 18.7 Å². The number of rotatable bonds is 4. The van der Waals surface area contributed by atoms with Crippen LogP contribution in [0.3, 0.4) is 0 Å². The first-order valence-electron chi connectivity index (χ1n) is 7.31. The van der Waals surface area contributed by atoms with Crippen molar-refractivity contribution in [3.8, 4) is 5.75 Å². The molecule has 106 valence electrons. The van der Waals surface area contributed by atoms with Gasteiger partial charge in [0.2, 0.25) is 0 Å². The Hall–Kier alpha value is -1.06. The van der Waals surface area contributed by atoms with Crippen LogP contribution in [0.1, 0.15) is 37.3 Å². The maximum absolute atomic E-state index is 5.78. The topological polar surface area (TPSA) is 38.5 Å². The predicted molar refractivity (Wildman–Crippen MR) is 79.2 cm³/mol. The van der Waals surface area contributed by atoms with E-state index in [-0.39, 0.29) is 0 Å². The second-order valence-electron chi connectivity index (χ2n) is 5.66. The van der Waals surface area contributed by atoms with Gasteiger partial charge in [0.15, 0.2) is 0 Å². The summed E-state index contributed by atoms with van der Waals surface area (Å²) >= 11 is 0. The molecular weight excluding hydrogens is 236 g/mol. The van der Waals surface area contributed by atoms with Gasteiger partial charge >= 0.3 is 0 Å². The third-order valence-electron chi connectivity index (χ3n) is 4.08. The van der Waals surface area contributed by atoms with Crippen molar-refractivity contribution in [1.82, 2.24) is 4.90 Å². The Balaban J connectivity index is 2.02. The molecule has 1 aliphatic rings. The molecule has 1 unspecified atom stereocenters. The third kappa shape index (κ3) is 3.95. The van der Waals surface area contributed by atoms with Crippen LogP contribution in [0.4, 0.5) is 0 Å². The summed E-state index contributed by atoms with van der Waals surface area (Å²) in [5.41, 5.74) is 8.22. The molecule has 1 atom stereocenters. The molecule has 1 aliphatic heterocycles. The number of likely N-dealkylation sites (tertiary alicyclic amines) is 1. The molecule has 1 aromatic rings. The maximum Gasteiger partial charge on any atom is 0.123 e. The van der Waals surface area contributed by atoms with Crippen molar-refractivity contribution in [1.29, 1.82) is 0 Å². The van der Waals surface area contributed by atoms with Gasteiger partial charge in [-0.05, 0) is 56.0 Å². The van der Waals surface area contributed by atoms with Crippen LogP contribution < -0.4 is 10.5 Å². The number of benzene rings is 1. The monoisotopic (exact) mass is 262 g/mol. The number of nitrogens with zero attached hydrogens (tertiary/aromatic N) is 1. The average Bonchev–Trinajstić information content (AvgIpc) is 2.63. The van der Waals surface area contributed by atoms with Gasteiger partial charge < -0.3 is 10.5 Å². The van der Waals surface area contributed by atoms with Crippen LogP contribution in [-0.2, 0) is 13.1 Å². The van der Waals surface area contributed by atoms with Crippen LogP contribution in [0.5, 0.6) is 5.75 Å². The van der Waals surface area contributed by atoms with E-state index in [1.165, 1.54) is 37.9 Å². The summed E-state index contributed by atoms with van der Waals surface area (Å²) in [5, 5.41) is 0. The lowest BCUT2D eigenvalue weighted by molar-refractivity contribution is 0.273. The summed E-state index contributed by atoms with van der Waals surface area (Å²) in [5.74, 6) is 1.77. The normalized spacial score (nSPS) is 21.1. The van der Waals surface area contributed by atoms with Crippen molar-refractivity contribution in [2.75, 3.05) is 20.2 Å². The van der Waals surface area contributed by atoms with Crippen molar-refractivity contribution in [3.05, 3.63) is 29.3 Å². The number of ether oxygens (including phenoxy) is 1. The van der Waals surface area contributed by atoms with Gasteiger partial charge in [-0.2, -0.15) is 0 Å². The Bertz CT molecular complexity index is 406. The van der Waals surface area contributed by atoms with Crippen molar-refractivity contribution in [3.63, 3.8) is 0 Å². The summed E-state index contributed by atoms with van der Waals surface area (Å²) < 4.78 is 5.32. The molecule has 19 heavy (non-hydrogen) atoms. The van der Waals surface area contributed by atoms with Gasteiger partial charge in [-0.15, -0.1) is 0 Å². The Morgan fingerprint density at radius 2 is 2.16 bits per heavy atom. The molecule has 1 saturated heterocycles. The van der Waals surface area contributed by atoms with E-state index >= 15 is 0 Å². The predicted octanol–water partition coefficient (Wildman–Crippen LogP) is 2.78. The molecule has 1 aromatic carbocycles. The fraction of sp³-hybridized carbons (Fsp3) is 0.625. The van der Waals surface area contributed by atoms with E-state index in [4.69, 9.17) is 10.5 Å². The van der Waals surface area contributed by atoms with Gasteiger partial charge in [0.1, 0.15) is 5.75 Å². The van der Waals surface area contributed by atoms with E-state index in [1.807, 2.05) is 6.07 Å². The van der Waals surface area contributed by atoms with Crippen molar-refractivity contribution >= 4 is 0 Å². The van der Waals surface area contributed by atoms with Crippen LogP contribution in [0.15, 0.2) is 18.2 Å². The molecule has 0 aromatic heterocycles. The molecule has 0 radical (unpaired) electrons. The summed E-state index contributed by atoms with van der Waals surface area (Å²) in [6.07, 6.45) is 4.01. The number of hydrogen-bond donors (Lipinski definition) is 1. The first-order chi connectivity index (χ1) is 9.22. The zero-order chi connectivity index (χ0) is 13.7. The molecule has 0 aliphatic carbocycles. The zero-order valence-electron chi connectivity index (χ0n) is 12.2. The molecule has 1 heterocycles. The Kier molecular flexibility index (Phi) is 5.23. The van der Waals surface area contributed by atoms with Crippen molar-refractivity contribution in [2.45, 2.75) is 39.3 Å². The number of nitrogens with two attached hydrogens (primary N) is 1. The van der Waals surface area contributed by atoms with Crippen LogP contribution in [0, 0.1) is 5.92 Å². The second kappa shape index (κ2) is 6.92. The minimum Gasteiger partial charge on any atom is -0.496 e. The van der Waals surface area contributed by atoms with Crippen molar-refractivity contribution in [2.24, 2.45) is 11.7 Å². The molecule has 2 rings (SSSR count). The van der Waals surface area contributed by atoms with Crippen molar-refractivity contribution < 1.29 is 4.74 Å². The lowest BCUT2D eigenvalue weighted by atomic mass is 10.0. The minimum absolute atomic E-state index is 0.536. The van der Waals surface area contributed by atoms with Gasteiger partial charge in [-0.3, -0.25) is 4.90 Å². The molecule has 3 heteroatoms. The quantitative estimate of drug-likeness (QED) is 0.907. The molecule has 1 fully saturated rings. The summed E-state index contributed by atoms with van der Waals surface area (Å²) in [4.78, 5) is 2.56. The lowest BCUT2D eigenvalue weighted by Gasteiger charge is -2.20. The zero-order valence-corrected chi connectivity index (χ0v) is 12.2. The van der Waals surface area contributed by atoms with Crippen LogP contribution >= 0.6 is 0 Å². The highest BCUT2D eigenvalue weighted by atomic mass is 16.5. The van der Waals surface area contributed by atoms with Crippen LogP contribution in [0.25, 0.3) is 0 Å². The third-order valence-corrected chi connectivity index (χ3v) is 4.08. The summed E-state index contributed by atoms with van der Waals surface area (Å²) in [6, 6.07) is 6.39. The second-order valence-corrected chi connectivity index (χ2v) is 5.66. The number of methoxy groups -OCH3 is 1. The molecule has 2 N–H and O–H groups in total. The first kappa shape index (κ1) is 14.4. The molecule has 3 nitrogen and oxygen atoms in total. The van der Waals surface area contributed by atoms with Gasteiger partial charge in [-0.25, -0.2) is 0 Å². The van der Waals surface area contributed by atoms with E-state index in [9.17, 15) is 0 Å². The smallest absolute Gasteiger partial charge is 0.123 e. The molecule has 0 bridgehead atoms. The van der Waals surface area contributed by atoms with E-state index in [0.717, 1.165) is 23.8 Å². The molecule has 0 amide bonds. The SMILES string of the molecule is COc1ccc(CN2CCCC(C)CC2)cc1CN. The van der Waals surface area contributed by atoms with Crippen LogP contribution in [0.2, 0.25) is 0 Å². The number of hydrogen-bond acceptors (Lipinski definition) is 3. The molecular formula is C16H26N2O. The van der Waals surface area contributed by atoms with Gasteiger partial charge in [0.05, 0.1) is 7.11 Å². The average molecular weight is 262 g/mol. The summed E-state index contributed by atoms with van der Waals surface area (Å²) in [7, 11) is 1.70. The highest BCUT2D eigenvalue weighted by Crippen LogP contribution is 2.22. The maximum atomic E-state index is 5.78. The Labute approximate surface area is 116 Å². The van der Waals surface area contributed by atoms with E-state index < -0.39 is 0 Å². The fourth-order valence-corrected chi connectivity index (χ4v) is 2.83. The Morgan fingerprint density at radius 3 is 2.89 bits per heavy atom. The van der Waals surface area contributed by atoms with Gasteiger partial charge in [-0.1, -0.05) is 13.0 Å². The fourth-order valence-electron chi connectivity index (χ4n) is 2.83. The summed E-state index contributed by atoms with van der Waals surface area (Å²) in [6.45, 7) is 6.36. The highest BCUT2D eigenvalue weighted by Gasteiger charge is 2.14. The van der Waals surface area contributed by atoms with E-state index in [1.54, 1.807) is 7.11 Å². The standard InChI is InChI=1S/C16H26N2O/c1-13-4-3-8-18(9-7-13)12-14-5-6-16(19-2)15(10-14)11-17/h5-6,10,13H,3-4,7-9,11-12,17H2,1-2H3. The Morgan fingerprint density at radius 1 is 1.32 bits per heavy atom. The first-order valence-corrected chi connectivity index (χ1v) is 7.31.